The van der Waals surface area contributed by atoms with Gasteiger partial charge in [0.15, 0.2) is 11.5 Å². The van der Waals surface area contributed by atoms with Crippen molar-refractivity contribution in [1.82, 2.24) is 19.5 Å². The molecule has 0 unspecified atom stereocenters. The summed E-state index contributed by atoms with van der Waals surface area (Å²) < 4.78 is 7.39. The molecule has 2 aromatic heterocycles. The maximum Gasteiger partial charge on any atom is 0.328 e. The summed E-state index contributed by atoms with van der Waals surface area (Å²) >= 11 is 0. The van der Waals surface area contributed by atoms with Gasteiger partial charge in [-0.2, -0.15) is 0 Å². The summed E-state index contributed by atoms with van der Waals surface area (Å²) in [5.74, 6) is 2.31. The molecule has 0 spiro atoms. The second kappa shape index (κ2) is 6.60. The number of aromatic nitrogens is 4. The molecule has 0 radical (unpaired) electrons. The van der Waals surface area contributed by atoms with Crippen LogP contribution in [0.3, 0.4) is 0 Å². The first-order valence-electron chi connectivity index (χ1n) is 8.56. The van der Waals surface area contributed by atoms with Crippen molar-refractivity contribution in [2.45, 2.75) is 20.4 Å². The van der Waals surface area contributed by atoms with Crippen LogP contribution in [-0.2, 0) is 6.54 Å². The Balaban J connectivity index is 1.58. The van der Waals surface area contributed by atoms with Crippen LogP contribution in [0.5, 0.6) is 11.5 Å². The Labute approximate surface area is 155 Å². The van der Waals surface area contributed by atoms with Crippen LogP contribution < -0.4 is 16.2 Å². The first-order chi connectivity index (χ1) is 13.0. The average Bonchev–Trinajstić information content (AvgIpc) is 2.95. The number of nitrogens with one attached hydrogen (secondary N) is 1. The smallest absolute Gasteiger partial charge is 0.328 e. The van der Waals surface area contributed by atoms with E-state index >= 15 is 0 Å². The van der Waals surface area contributed by atoms with Gasteiger partial charge in [0.25, 0.3) is 0 Å². The van der Waals surface area contributed by atoms with Gasteiger partial charge in [0.2, 0.25) is 0 Å². The average molecular weight is 361 g/mol. The monoisotopic (exact) mass is 361 g/mol. The predicted octanol–water partition coefficient (Wildman–Crippen LogP) is 3.16. The Hall–Kier alpha value is -3.61. The van der Waals surface area contributed by atoms with Crippen molar-refractivity contribution >= 4 is 17.0 Å². The van der Waals surface area contributed by atoms with Crippen LogP contribution in [0.4, 0.5) is 5.82 Å². The first kappa shape index (κ1) is 16.8. The van der Waals surface area contributed by atoms with Gasteiger partial charge >= 0.3 is 5.69 Å². The topological polar surface area (TPSA) is 98.8 Å². The highest BCUT2D eigenvalue weighted by Crippen LogP contribution is 2.22. The van der Waals surface area contributed by atoms with Gasteiger partial charge in [0.05, 0.1) is 6.54 Å². The predicted molar refractivity (Wildman–Crippen MR) is 104 cm³/mol. The number of fused-ring (bicyclic) bond motifs is 1. The molecule has 7 heteroatoms. The molecule has 2 heterocycles. The minimum atomic E-state index is -0.267. The Bertz CT molecular complexity index is 1160. The Morgan fingerprint density at radius 3 is 2.30 bits per heavy atom. The fraction of sp³-hybridized carbons (Fsp3) is 0.150. The molecule has 2 aromatic carbocycles. The van der Waals surface area contributed by atoms with Crippen molar-refractivity contribution in [1.29, 1.82) is 0 Å². The van der Waals surface area contributed by atoms with Crippen molar-refractivity contribution in [3.63, 3.8) is 0 Å². The number of hydrogen-bond donors (Lipinski definition) is 2. The Kier molecular flexibility index (Phi) is 4.12. The normalized spacial score (nSPS) is 11.0. The van der Waals surface area contributed by atoms with Crippen LogP contribution in [-0.4, -0.2) is 19.5 Å². The number of aryl methyl sites for hydroxylation is 2. The van der Waals surface area contributed by atoms with Gasteiger partial charge in [0.1, 0.15) is 22.8 Å². The molecule has 27 heavy (non-hydrogen) atoms. The van der Waals surface area contributed by atoms with E-state index in [1.54, 1.807) is 11.5 Å². The molecule has 0 atom stereocenters. The summed E-state index contributed by atoms with van der Waals surface area (Å²) in [5, 5.41) is 0. The highest BCUT2D eigenvalue weighted by molar-refractivity contribution is 5.81. The second-order valence-electron chi connectivity index (χ2n) is 6.43. The molecule has 0 bridgehead atoms. The van der Waals surface area contributed by atoms with E-state index in [1.807, 2.05) is 55.5 Å². The van der Waals surface area contributed by atoms with Gasteiger partial charge in [-0.3, -0.25) is 4.57 Å². The number of hydrogen-bond acceptors (Lipinski definition) is 5. The number of nitrogen functional groups attached to an aromatic ring is 1. The highest BCUT2D eigenvalue weighted by atomic mass is 16.5. The summed E-state index contributed by atoms with van der Waals surface area (Å²) in [6.07, 6.45) is 0. The Morgan fingerprint density at radius 2 is 1.63 bits per heavy atom. The standard InChI is InChI=1S/C20H19N5O2/c1-12-3-7-15(8-4-12)27-16-9-5-14(6-10-16)11-25-19-17(24-20(25)26)18(21)22-13(2)23-19/h3-10H,11H2,1-2H3,(H,24,26)(H2,21,22,23). The van der Waals surface area contributed by atoms with Gasteiger partial charge in [-0.1, -0.05) is 29.8 Å². The molecule has 0 aliphatic rings. The van der Waals surface area contributed by atoms with E-state index in [1.165, 1.54) is 5.56 Å². The van der Waals surface area contributed by atoms with E-state index in [0.29, 0.717) is 23.5 Å². The quantitative estimate of drug-likeness (QED) is 0.582. The first-order valence-corrected chi connectivity index (χ1v) is 8.56. The van der Waals surface area contributed by atoms with E-state index in [-0.39, 0.29) is 11.5 Å². The van der Waals surface area contributed by atoms with Crippen LogP contribution in [0.15, 0.2) is 53.3 Å². The molecule has 0 saturated carbocycles. The van der Waals surface area contributed by atoms with Gasteiger partial charge in [-0.25, -0.2) is 14.8 Å². The summed E-state index contributed by atoms with van der Waals surface area (Å²) in [5.41, 5.74) is 8.71. The number of ether oxygens (including phenoxy) is 1. The zero-order chi connectivity index (χ0) is 19.0. The lowest BCUT2D eigenvalue weighted by Crippen LogP contribution is -2.17. The van der Waals surface area contributed by atoms with Crippen molar-refractivity contribution in [2.75, 3.05) is 5.73 Å². The van der Waals surface area contributed by atoms with Crippen molar-refractivity contribution in [3.8, 4) is 11.5 Å². The minimum absolute atomic E-state index is 0.267. The third-order valence-electron chi connectivity index (χ3n) is 4.28. The number of aromatic amines is 1. The maximum atomic E-state index is 12.3. The van der Waals surface area contributed by atoms with Crippen molar-refractivity contribution in [2.24, 2.45) is 0 Å². The summed E-state index contributed by atoms with van der Waals surface area (Å²) in [7, 11) is 0. The minimum Gasteiger partial charge on any atom is -0.457 e. The van der Waals surface area contributed by atoms with Crippen molar-refractivity contribution in [3.05, 3.63) is 76.0 Å². The summed E-state index contributed by atoms with van der Waals surface area (Å²) in [4.78, 5) is 23.5. The summed E-state index contributed by atoms with van der Waals surface area (Å²) in [6.45, 7) is 4.15. The fourth-order valence-corrected chi connectivity index (χ4v) is 2.90. The van der Waals surface area contributed by atoms with Crippen LogP contribution in [0.25, 0.3) is 11.2 Å². The van der Waals surface area contributed by atoms with Crippen molar-refractivity contribution < 1.29 is 4.74 Å². The van der Waals surface area contributed by atoms with E-state index in [0.717, 1.165) is 17.1 Å². The SMILES string of the molecule is Cc1ccc(Oc2ccc(Cn3c(=O)[nH]c4c(N)nc(C)nc43)cc2)cc1. The molecule has 4 aromatic rings. The molecule has 0 saturated heterocycles. The molecule has 0 amide bonds. The number of rotatable bonds is 4. The third kappa shape index (κ3) is 3.39. The lowest BCUT2D eigenvalue weighted by atomic mass is 10.2. The fourth-order valence-electron chi connectivity index (χ4n) is 2.90. The van der Waals surface area contributed by atoms with Gasteiger partial charge in [0, 0.05) is 0 Å². The zero-order valence-electron chi connectivity index (χ0n) is 15.1. The molecule has 3 N–H and O–H groups in total. The van der Waals surface area contributed by atoms with Crippen LogP contribution in [0.1, 0.15) is 17.0 Å². The number of nitrogens with zero attached hydrogens (tertiary/aromatic N) is 3. The van der Waals surface area contributed by atoms with Gasteiger partial charge in [-0.15, -0.1) is 0 Å². The molecular formula is C20H19N5O2. The highest BCUT2D eigenvalue weighted by Gasteiger charge is 2.13. The molecule has 0 aliphatic carbocycles. The second-order valence-corrected chi connectivity index (χ2v) is 6.43. The molecule has 0 fully saturated rings. The zero-order valence-corrected chi connectivity index (χ0v) is 15.1. The van der Waals surface area contributed by atoms with Gasteiger partial charge in [-0.05, 0) is 43.7 Å². The molecule has 7 nitrogen and oxygen atoms in total. The van der Waals surface area contributed by atoms with Crippen LogP contribution >= 0.6 is 0 Å². The molecule has 4 rings (SSSR count). The largest absolute Gasteiger partial charge is 0.457 e. The van der Waals surface area contributed by atoms with Crippen LogP contribution in [0.2, 0.25) is 0 Å². The number of imidazole rings is 1. The molecule has 0 aliphatic heterocycles. The molecule has 136 valence electrons. The number of benzene rings is 2. The number of H-pyrrole nitrogens is 1. The maximum absolute atomic E-state index is 12.3. The van der Waals surface area contributed by atoms with E-state index in [9.17, 15) is 4.79 Å². The number of nitrogens with two attached hydrogens (primary N) is 1. The lowest BCUT2D eigenvalue weighted by molar-refractivity contribution is 0.482. The van der Waals surface area contributed by atoms with E-state index in [4.69, 9.17) is 10.5 Å². The summed E-state index contributed by atoms with van der Waals surface area (Å²) in [6, 6.07) is 15.5. The lowest BCUT2D eigenvalue weighted by Gasteiger charge is -2.08. The third-order valence-corrected chi connectivity index (χ3v) is 4.28. The van der Waals surface area contributed by atoms with E-state index in [2.05, 4.69) is 15.0 Å². The molecular weight excluding hydrogens is 342 g/mol. The number of anilines is 1. The van der Waals surface area contributed by atoms with Crippen LogP contribution in [0, 0.1) is 13.8 Å². The van der Waals surface area contributed by atoms with Gasteiger partial charge < -0.3 is 15.5 Å². The Morgan fingerprint density at radius 1 is 1.00 bits per heavy atom. The van der Waals surface area contributed by atoms with E-state index < -0.39 is 0 Å².